The highest BCUT2D eigenvalue weighted by molar-refractivity contribution is 5.97. The molecule has 0 radical (unpaired) electrons. The molecule has 0 unspecified atom stereocenters. The molecule has 0 atom stereocenters. The van der Waals surface area contributed by atoms with Crippen molar-refractivity contribution >= 4 is 22.3 Å². The van der Waals surface area contributed by atoms with E-state index in [9.17, 15) is 0 Å². The summed E-state index contributed by atoms with van der Waals surface area (Å²) in [4.78, 5) is 7.51. The number of para-hydroxylation sites is 1. The fourth-order valence-electron chi connectivity index (χ4n) is 1.99. The highest BCUT2D eigenvalue weighted by Crippen LogP contribution is 2.32. The van der Waals surface area contributed by atoms with Crippen molar-refractivity contribution in [3.05, 3.63) is 42.7 Å². The van der Waals surface area contributed by atoms with Crippen molar-refractivity contribution in [1.82, 2.24) is 9.97 Å². The number of anilines is 2. The van der Waals surface area contributed by atoms with Crippen LogP contribution in [0.15, 0.2) is 42.7 Å². The Morgan fingerprint density at radius 1 is 1.06 bits per heavy atom. The summed E-state index contributed by atoms with van der Waals surface area (Å²) in [5, 5.41) is 1.13. The van der Waals surface area contributed by atoms with Crippen molar-refractivity contribution in [3.8, 4) is 11.3 Å². The van der Waals surface area contributed by atoms with Crippen LogP contribution >= 0.6 is 0 Å². The molecule has 3 rings (SSSR count). The first-order valence-corrected chi connectivity index (χ1v) is 5.34. The molecule has 2 heterocycles. The maximum Gasteiger partial charge on any atom is 0.0973 e. The molecule has 3 aromatic rings. The predicted octanol–water partition coefficient (Wildman–Crippen LogP) is 2.39. The summed E-state index contributed by atoms with van der Waals surface area (Å²) in [6.45, 7) is 0. The standard InChI is InChI=1S/C13H12N4/c14-10-5-7-17-13(11(10)15)9-3-1-2-8-4-6-16-12(8)9/h1-7,16H,15H2,(H2,14,17). The average Bonchev–Trinajstić information content (AvgIpc) is 2.81. The molecule has 84 valence electrons. The van der Waals surface area contributed by atoms with Crippen molar-refractivity contribution in [2.45, 2.75) is 0 Å². The van der Waals surface area contributed by atoms with Gasteiger partial charge in [0.15, 0.2) is 0 Å². The summed E-state index contributed by atoms with van der Waals surface area (Å²) in [6, 6.07) is 9.72. The maximum atomic E-state index is 5.97. The molecule has 0 aliphatic heterocycles. The largest absolute Gasteiger partial charge is 0.397 e. The van der Waals surface area contributed by atoms with Gasteiger partial charge in [0.25, 0.3) is 0 Å². The van der Waals surface area contributed by atoms with Crippen LogP contribution in [0.2, 0.25) is 0 Å². The van der Waals surface area contributed by atoms with Gasteiger partial charge in [0.05, 0.1) is 22.6 Å². The number of aromatic amines is 1. The third-order valence-electron chi connectivity index (χ3n) is 2.87. The number of nitrogens with two attached hydrogens (primary N) is 2. The van der Waals surface area contributed by atoms with Gasteiger partial charge in [0, 0.05) is 23.3 Å². The molecule has 0 bridgehead atoms. The lowest BCUT2D eigenvalue weighted by Gasteiger charge is -2.08. The molecule has 0 saturated carbocycles. The number of benzene rings is 1. The first-order valence-electron chi connectivity index (χ1n) is 5.34. The van der Waals surface area contributed by atoms with Crippen LogP contribution < -0.4 is 11.5 Å². The van der Waals surface area contributed by atoms with E-state index in [1.54, 1.807) is 12.3 Å². The maximum absolute atomic E-state index is 5.97. The second-order valence-electron chi connectivity index (χ2n) is 3.91. The van der Waals surface area contributed by atoms with Gasteiger partial charge in [-0.15, -0.1) is 0 Å². The van der Waals surface area contributed by atoms with Crippen LogP contribution in [0.4, 0.5) is 11.4 Å². The smallest absolute Gasteiger partial charge is 0.0973 e. The number of nitrogens with zero attached hydrogens (tertiary/aromatic N) is 1. The van der Waals surface area contributed by atoms with E-state index in [2.05, 4.69) is 9.97 Å². The van der Waals surface area contributed by atoms with Crippen LogP contribution in [-0.4, -0.2) is 9.97 Å². The zero-order chi connectivity index (χ0) is 11.8. The number of aromatic nitrogens is 2. The number of hydrogen-bond acceptors (Lipinski definition) is 3. The molecule has 1 aromatic carbocycles. The van der Waals surface area contributed by atoms with Crippen LogP contribution in [0.1, 0.15) is 0 Å². The lowest BCUT2D eigenvalue weighted by Crippen LogP contribution is -1.99. The van der Waals surface area contributed by atoms with Crippen LogP contribution in [0.3, 0.4) is 0 Å². The van der Waals surface area contributed by atoms with Crippen LogP contribution in [0.25, 0.3) is 22.2 Å². The van der Waals surface area contributed by atoms with Crippen LogP contribution in [0.5, 0.6) is 0 Å². The van der Waals surface area contributed by atoms with E-state index in [1.165, 1.54) is 0 Å². The van der Waals surface area contributed by atoms with Crippen molar-refractivity contribution < 1.29 is 0 Å². The Balaban J connectivity index is 2.34. The summed E-state index contributed by atoms with van der Waals surface area (Å²) in [6.07, 6.45) is 3.57. The second-order valence-corrected chi connectivity index (χ2v) is 3.91. The van der Waals surface area contributed by atoms with Crippen molar-refractivity contribution in [1.29, 1.82) is 0 Å². The van der Waals surface area contributed by atoms with Gasteiger partial charge in [0.2, 0.25) is 0 Å². The van der Waals surface area contributed by atoms with Gasteiger partial charge < -0.3 is 16.5 Å². The summed E-state index contributed by atoms with van der Waals surface area (Å²) < 4.78 is 0. The molecule has 0 amide bonds. The van der Waals surface area contributed by atoms with E-state index >= 15 is 0 Å². The Labute approximate surface area is 98.3 Å². The third kappa shape index (κ3) is 1.42. The van der Waals surface area contributed by atoms with Gasteiger partial charge in [-0.2, -0.15) is 0 Å². The molecule has 0 fully saturated rings. The summed E-state index contributed by atoms with van der Waals surface area (Å²) in [5.41, 5.74) is 15.6. The van der Waals surface area contributed by atoms with Gasteiger partial charge in [-0.25, -0.2) is 0 Å². The van der Waals surface area contributed by atoms with Gasteiger partial charge in [0.1, 0.15) is 0 Å². The zero-order valence-electron chi connectivity index (χ0n) is 9.14. The minimum Gasteiger partial charge on any atom is -0.397 e. The monoisotopic (exact) mass is 224 g/mol. The second kappa shape index (κ2) is 3.52. The summed E-state index contributed by atoms with van der Waals surface area (Å²) >= 11 is 0. The number of pyridine rings is 1. The van der Waals surface area contributed by atoms with E-state index in [0.29, 0.717) is 11.4 Å². The van der Waals surface area contributed by atoms with Crippen molar-refractivity contribution in [2.75, 3.05) is 11.5 Å². The quantitative estimate of drug-likeness (QED) is 0.593. The number of nitrogen functional groups attached to an aromatic ring is 2. The van der Waals surface area contributed by atoms with Gasteiger partial charge in [-0.3, -0.25) is 4.98 Å². The van der Waals surface area contributed by atoms with E-state index in [1.807, 2.05) is 30.5 Å². The normalized spacial score (nSPS) is 10.8. The first kappa shape index (κ1) is 9.72. The van der Waals surface area contributed by atoms with E-state index in [-0.39, 0.29) is 0 Å². The SMILES string of the molecule is Nc1ccnc(-c2cccc3cc[nH]c23)c1N. The lowest BCUT2D eigenvalue weighted by molar-refractivity contribution is 1.33. The molecule has 5 N–H and O–H groups in total. The Kier molecular flexibility index (Phi) is 2.01. The summed E-state index contributed by atoms with van der Waals surface area (Å²) in [5.74, 6) is 0. The van der Waals surface area contributed by atoms with Crippen molar-refractivity contribution in [3.63, 3.8) is 0 Å². The Morgan fingerprint density at radius 3 is 2.82 bits per heavy atom. The third-order valence-corrected chi connectivity index (χ3v) is 2.87. The Bertz CT molecular complexity index is 685. The fourth-order valence-corrected chi connectivity index (χ4v) is 1.99. The molecule has 0 saturated heterocycles. The molecular formula is C13H12N4. The van der Waals surface area contributed by atoms with E-state index in [0.717, 1.165) is 22.2 Å². The minimum atomic E-state index is 0.523. The molecule has 4 heteroatoms. The number of H-pyrrole nitrogens is 1. The van der Waals surface area contributed by atoms with Crippen LogP contribution in [-0.2, 0) is 0 Å². The number of fused-ring (bicyclic) bond motifs is 1. The molecule has 0 spiro atoms. The van der Waals surface area contributed by atoms with E-state index < -0.39 is 0 Å². The average molecular weight is 224 g/mol. The molecule has 0 aliphatic carbocycles. The highest BCUT2D eigenvalue weighted by Gasteiger charge is 2.10. The highest BCUT2D eigenvalue weighted by atomic mass is 14.8. The number of nitrogens with one attached hydrogen (secondary N) is 1. The first-order chi connectivity index (χ1) is 8.27. The predicted molar refractivity (Wildman–Crippen MR) is 70.4 cm³/mol. The van der Waals surface area contributed by atoms with Gasteiger partial charge in [-0.1, -0.05) is 18.2 Å². The fraction of sp³-hybridized carbons (Fsp3) is 0. The van der Waals surface area contributed by atoms with Gasteiger partial charge >= 0.3 is 0 Å². The Hall–Kier alpha value is -2.49. The molecule has 0 aliphatic rings. The zero-order valence-corrected chi connectivity index (χ0v) is 9.14. The number of hydrogen-bond donors (Lipinski definition) is 3. The minimum absolute atomic E-state index is 0.523. The van der Waals surface area contributed by atoms with Gasteiger partial charge in [-0.05, 0) is 12.1 Å². The number of rotatable bonds is 1. The molecule has 17 heavy (non-hydrogen) atoms. The van der Waals surface area contributed by atoms with E-state index in [4.69, 9.17) is 11.5 Å². The molecule has 4 nitrogen and oxygen atoms in total. The molecule has 2 aromatic heterocycles. The topological polar surface area (TPSA) is 80.7 Å². The lowest BCUT2D eigenvalue weighted by atomic mass is 10.1. The summed E-state index contributed by atoms with van der Waals surface area (Å²) in [7, 11) is 0. The molecular weight excluding hydrogens is 212 g/mol. The Morgan fingerprint density at radius 2 is 1.94 bits per heavy atom. The van der Waals surface area contributed by atoms with Crippen LogP contribution in [0, 0.1) is 0 Å². The van der Waals surface area contributed by atoms with Crippen molar-refractivity contribution in [2.24, 2.45) is 0 Å².